The van der Waals surface area contributed by atoms with E-state index in [4.69, 9.17) is 14.2 Å². The van der Waals surface area contributed by atoms with Crippen molar-refractivity contribution in [2.24, 2.45) is 0 Å². The summed E-state index contributed by atoms with van der Waals surface area (Å²) >= 11 is 0. The van der Waals surface area contributed by atoms with E-state index in [9.17, 15) is 5.11 Å². The molecule has 1 aromatic carbocycles. The zero-order valence-corrected chi connectivity index (χ0v) is 17.4. The Hall–Kier alpha value is -1.10. The largest absolute Gasteiger partial charge is 0.508 e. The van der Waals surface area contributed by atoms with Crippen molar-refractivity contribution in [1.29, 1.82) is 0 Å². The van der Waals surface area contributed by atoms with E-state index in [1.165, 1.54) is 5.56 Å². The van der Waals surface area contributed by atoms with E-state index in [0.717, 1.165) is 17.5 Å². The van der Waals surface area contributed by atoms with E-state index in [0.29, 0.717) is 18.6 Å². The van der Waals surface area contributed by atoms with Gasteiger partial charge in [0.05, 0.1) is 16.8 Å². The molecule has 0 bridgehead atoms. The van der Waals surface area contributed by atoms with Gasteiger partial charge >= 0.3 is 0 Å². The Labute approximate surface area is 153 Å². The molecule has 0 atom stereocenters. The van der Waals surface area contributed by atoms with Gasteiger partial charge in [-0.15, -0.1) is 0 Å². The third-order valence-electron chi connectivity index (χ3n) is 4.98. The molecule has 144 valence electrons. The molecule has 0 heterocycles. The summed E-state index contributed by atoms with van der Waals surface area (Å²) in [4.78, 5) is 0. The fraction of sp³-hybridized carbons (Fsp3) is 0.714. The van der Waals surface area contributed by atoms with Crippen LogP contribution >= 0.6 is 0 Å². The van der Waals surface area contributed by atoms with Crippen molar-refractivity contribution < 1.29 is 19.3 Å². The van der Waals surface area contributed by atoms with Gasteiger partial charge in [-0.05, 0) is 58.7 Å². The van der Waals surface area contributed by atoms with Gasteiger partial charge in [0, 0.05) is 46.2 Å². The van der Waals surface area contributed by atoms with E-state index in [2.05, 4.69) is 27.7 Å². The summed E-state index contributed by atoms with van der Waals surface area (Å²) in [6, 6.07) is 3.78. The Morgan fingerprint density at radius 3 is 1.52 bits per heavy atom. The van der Waals surface area contributed by atoms with E-state index >= 15 is 0 Å². The van der Waals surface area contributed by atoms with Gasteiger partial charge in [-0.3, -0.25) is 0 Å². The summed E-state index contributed by atoms with van der Waals surface area (Å²) in [6.45, 7) is 12.3. The predicted molar refractivity (Wildman–Crippen MR) is 102 cm³/mol. The van der Waals surface area contributed by atoms with Crippen LogP contribution in [-0.2, 0) is 33.5 Å². The second-order valence-electron chi connectivity index (χ2n) is 8.62. The molecule has 25 heavy (non-hydrogen) atoms. The van der Waals surface area contributed by atoms with Crippen molar-refractivity contribution in [3.05, 3.63) is 28.8 Å². The lowest BCUT2D eigenvalue weighted by Crippen LogP contribution is -2.31. The first-order chi connectivity index (χ1) is 11.4. The average molecular weight is 353 g/mol. The molecule has 1 aromatic rings. The fourth-order valence-corrected chi connectivity index (χ4v) is 2.84. The lowest BCUT2D eigenvalue weighted by Gasteiger charge is -2.31. The number of ether oxygens (including phenoxy) is 3. The molecule has 0 fully saturated rings. The molecule has 4 heteroatoms. The minimum Gasteiger partial charge on any atom is -0.508 e. The third-order valence-corrected chi connectivity index (χ3v) is 4.98. The van der Waals surface area contributed by atoms with Crippen molar-refractivity contribution >= 4 is 0 Å². The van der Waals surface area contributed by atoms with E-state index in [1.807, 2.05) is 19.9 Å². The Morgan fingerprint density at radius 2 is 1.08 bits per heavy atom. The predicted octanol–water partition coefficient (Wildman–Crippen LogP) is 4.29. The van der Waals surface area contributed by atoms with Crippen LogP contribution in [0.25, 0.3) is 0 Å². The zero-order valence-electron chi connectivity index (χ0n) is 17.4. The monoisotopic (exact) mass is 352 g/mol. The van der Waals surface area contributed by atoms with Gasteiger partial charge in [0.1, 0.15) is 5.75 Å². The first-order valence-corrected chi connectivity index (χ1v) is 8.84. The Bertz CT molecular complexity index is 574. The van der Waals surface area contributed by atoms with Gasteiger partial charge in [0.2, 0.25) is 0 Å². The second kappa shape index (κ2) is 8.07. The van der Waals surface area contributed by atoms with Crippen molar-refractivity contribution in [1.82, 2.24) is 0 Å². The molecule has 0 saturated heterocycles. The maximum Gasteiger partial charge on any atom is 0.119 e. The summed E-state index contributed by atoms with van der Waals surface area (Å²) in [5.41, 5.74) is 2.27. The average Bonchev–Trinajstić information content (AvgIpc) is 2.53. The lowest BCUT2D eigenvalue weighted by molar-refractivity contribution is 0.0153. The zero-order chi connectivity index (χ0) is 19.5. The van der Waals surface area contributed by atoms with Crippen molar-refractivity contribution in [3.8, 4) is 5.75 Å². The fourth-order valence-electron chi connectivity index (χ4n) is 2.84. The molecule has 0 aliphatic heterocycles. The quantitative estimate of drug-likeness (QED) is 0.720. The number of rotatable bonds is 9. The van der Waals surface area contributed by atoms with Crippen LogP contribution in [0.2, 0.25) is 0 Å². The molecule has 1 rings (SSSR count). The smallest absolute Gasteiger partial charge is 0.119 e. The summed E-state index contributed by atoms with van der Waals surface area (Å²) < 4.78 is 16.9. The number of benzene rings is 1. The molecule has 0 unspecified atom stereocenters. The maximum atomic E-state index is 10.6. The highest BCUT2D eigenvalue weighted by atomic mass is 16.5. The Balaban J connectivity index is 3.47. The number of phenols is 1. The standard InChI is InChI=1S/C21H36O4/c1-19(2,23-7)12-15-10-11-18(22)17(14-21(5,6)25-9)16(15)13-20(3,4)24-8/h10-11,22H,12-14H2,1-9H3. The lowest BCUT2D eigenvalue weighted by atomic mass is 9.83. The van der Waals surface area contributed by atoms with E-state index in [1.54, 1.807) is 27.4 Å². The molecule has 0 aliphatic carbocycles. The summed E-state index contributed by atoms with van der Waals surface area (Å²) in [5, 5.41) is 10.6. The maximum absolute atomic E-state index is 10.6. The van der Waals surface area contributed by atoms with Crippen LogP contribution in [0, 0.1) is 0 Å². The van der Waals surface area contributed by atoms with Crippen LogP contribution in [-0.4, -0.2) is 43.2 Å². The van der Waals surface area contributed by atoms with Crippen LogP contribution in [0.1, 0.15) is 58.2 Å². The van der Waals surface area contributed by atoms with Gasteiger partial charge in [0.25, 0.3) is 0 Å². The number of aromatic hydroxyl groups is 1. The van der Waals surface area contributed by atoms with E-state index in [-0.39, 0.29) is 16.8 Å². The topological polar surface area (TPSA) is 47.9 Å². The van der Waals surface area contributed by atoms with Crippen LogP contribution in [0.3, 0.4) is 0 Å². The van der Waals surface area contributed by atoms with Gasteiger partial charge in [-0.1, -0.05) is 6.07 Å². The van der Waals surface area contributed by atoms with Gasteiger partial charge in [-0.2, -0.15) is 0 Å². The summed E-state index contributed by atoms with van der Waals surface area (Å²) in [5.74, 6) is 0.311. The molecule has 0 spiro atoms. The molecular weight excluding hydrogens is 316 g/mol. The number of phenolic OH excluding ortho intramolecular Hbond substituents is 1. The van der Waals surface area contributed by atoms with Crippen LogP contribution in [0.4, 0.5) is 0 Å². The number of hydrogen-bond donors (Lipinski definition) is 1. The number of methoxy groups -OCH3 is 3. The normalized spacial score (nSPS) is 13.3. The molecule has 4 nitrogen and oxygen atoms in total. The second-order valence-corrected chi connectivity index (χ2v) is 8.62. The molecular formula is C21H36O4. The third kappa shape index (κ3) is 6.28. The van der Waals surface area contributed by atoms with Gasteiger partial charge in [-0.25, -0.2) is 0 Å². The highest BCUT2D eigenvalue weighted by Gasteiger charge is 2.29. The molecule has 0 saturated carbocycles. The highest BCUT2D eigenvalue weighted by Crippen LogP contribution is 2.34. The Kier molecular flexibility index (Phi) is 7.08. The highest BCUT2D eigenvalue weighted by molar-refractivity contribution is 5.46. The van der Waals surface area contributed by atoms with Crippen LogP contribution in [0.5, 0.6) is 5.75 Å². The first-order valence-electron chi connectivity index (χ1n) is 8.84. The van der Waals surface area contributed by atoms with Gasteiger partial charge in [0.15, 0.2) is 0 Å². The summed E-state index contributed by atoms with van der Waals surface area (Å²) in [6.07, 6.45) is 2.10. The molecule has 0 radical (unpaired) electrons. The van der Waals surface area contributed by atoms with Crippen LogP contribution in [0.15, 0.2) is 12.1 Å². The van der Waals surface area contributed by atoms with Crippen LogP contribution < -0.4 is 0 Å². The molecule has 0 amide bonds. The van der Waals surface area contributed by atoms with Crippen molar-refractivity contribution in [2.45, 2.75) is 77.6 Å². The van der Waals surface area contributed by atoms with Crippen molar-refractivity contribution in [2.75, 3.05) is 21.3 Å². The van der Waals surface area contributed by atoms with Crippen molar-refractivity contribution in [3.63, 3.8) is 0 Å². The first kappa shape index (κ1) is 21.9. The van der Waals surface area contributed by atoms with E-state index < -0.39 is 0 Å². The summed E-state index contributed by atoms with van der Waals surface area (Å²) in [7, 11) is 5.15. The minimum absolute atomic E-state index is 0.281. The van der Waals surface area contributed by atoms with Gasteiger partial charge < -0.3 is 19.3 Å². The SMILES string of the molecule is COC(C)(C)Cc1ccc(O)c(CC(C)(C)OC)c1CC(C)(C)OC. The molecule has 0 aromatic heterocycles. The molecule has 0 aliphatic rings. The minimum atomic E-state index is -0.362. The number of hydrogen-bond acceptors (Lipinski definition) is 4. The molecule has 1 N–H and O–H groups in total. The Morgan fingerprint density at radius 1 is 0.680 bits per heavy atom.